The van der Waals surface area contributed by atoms with Gasteiger partial charge in [-0.25, -0.2) is 0 Å². The Morgan fingerprint density at radius 3 is 2.60 bits per heavy atom. The minimum atomic E-state index is 0.694. The highest BCUT2D eigenvalue weighted by molar-refractivity contribution is 14.1. The van der Waals surface area contributed by atoms with Gasteiger partial charge in [0, 0.05) is 0 Å². The Labute approximate surface area is 77.5 Å². The van der Waals surface area contributed by atoms with Crippen LogP contribution >= 0.6 is 22.6 Å². The Balaban J connectivity index is 3.38. The summed E-state index contributed by atoms with van der Waals surface area (Å²) in [6.45, 7) is 4.39. The van der Waals surface area contributed by atoms with Crippen LogP contribution in [0.15, 0.2) is 22.3 Å². The molecule has 1 atom stereocenters. The molecule has 0 aromatic heterocycles. The Morgan fingerprint density at radius 1 is 1.40 bits per heavy atom. The van der Waals surface area contributed by atoms with Crippen LogP contribution in [0.1, 0.15) is 26.7 Å². The predicted molar refractivity (Wildman–Crippen MR) is 56.4 cm³/mol. The first-order chi connectivity index (χ1) is 4.81. The van der Waals surface area contributed by atoms with Crippen molar-refractivity contribution in [2.45, 2.75) is 26.7 Å². The Kier molecular flexibility index (Phi) is 7.47. The highest BCUT2D eigenvalue weighted by Crippen LogP contribution is 2.05. The van der Waals surface area contributed by atoms with E-state index in [-0.39, 0.29) is 0 Å². The van der Waals surface area contributed by atoms with E-state index in [1.807, 2.05) is 0 Å². The number of halogens is 1. The van der Waals surface area contributed by atoms with Gasteiger partial charge in [0.25, 0.3) is 0 Å². The summed E-state index contributed by atoms with van der Waals surface area (Å²) >= 11 is 2.26. The molecule has 0 saturated heterocycles. The first-order valence-electron chi connectivity index (χ1n) is 3.73. The van der Waals surface area contributed by atoms with Crippen LogP contribution in [0.5, 0.6) is 0 Å². The average Bonchev–Trinajstić information content (AvgIpc) is 1.89. The lowest BCUT2D eigenvalue weighted by atomic mass is 10.1. The van der Waals surface area contributed by atoms with Crippen LogP contribution in [0.2, 0.25) is 0 Å². The van der Waals surface area contributed by atoms with Crippen LogP contribution in [0.25, 0.3) is 0 Å². The van der Waals surface area contributed by atoms with Gasteiger partial charge in [-0.05, 0) is 22.8 Å². The number of allylic oxidation sites excluding steroid dienone is 3. The van der Waals surface area contributed by atoms with Crippen molar-refractivity contribution in [2.24, 2.45) is 5.92 Å². The summed E-state index contributed by atoms with van der Waals surface area (Å²) in [5, 5.41) is 0. The molecule has 0 heterocycles. The van der Waals surface area contributed by atoms with E-state index < -0.39 is 0 Å². The van der Waals surface area contributed by atoms with Crippen molar-refractivity contribution in [3.8, 4) is 0 Å². The molecule has 0 aliphatic rings. The molecule has 0 aromatic rings. The fourth-order valence-electron chi connectivity index (χ4n) is 0.680. The predicted octanol–water partition coefficient (Wildman–Crippen LogP) is 3.93. The second-order valence-electron chi connectivity index (χ2n) is 2.41. The molecule has 0 unspecified atom stereocenters. The second-order valence-corrected chi connectivity index (χ2v) is 3.13. The average molecular weight is 250 g/mol. The van der Waals surface area contributed by atoms with Gasteiger partial charge in [0.2, 0.25) is 0 Å². The summed E-state index contributed by atoms with van der Waals surface area (Å²) in [5.41, 5.74) is 0. The summed E-state index contributed by atoms with van der Waals surface area (Å²) in [5.74, 6) is 0.694. The van der Waals surface area contributed by atoms with Gasteiger partial charge in [-0.2, -0.15) is 0 Å². The van der Waals surface area contributed by atoms with Gasteiger partial charge >= 0.3 is 0 Å². The van der Waals surface area contributed by atoms with E-state index in [4.69, 9.17) is 0 Å². The van der Waals surface area contributed by atoms with Gasteiger partial charge in [-0.1, -0.05) is 54.7 Å². The second kappa shape index (κ2) is 7.32. The van der Waals surface area contributed by atoms with Gasteiger partial charge in [0.15, 0.2) is 0 Å². The highest BCUT2D eigenvalue weighted by atomic mass is 127. The molecule has 0 aliphatic heterocycles. The smallest absolute Gasteiger partial charge is 0.0220 e. The summed E-state index contributed by atoms with van der Waals surface area (Å²) in [6.07, 6.45) is 9.02. The zero-order chi connectivity index (χ0) is 7.82. The maximum Gasteiger partial charge on any atom is -0.0220 e. The van der Waals surface area contributed by atoms with Crippen molar-refractivity contribution in [2.75, 3.05) is 0 Å². The monoisotopic (exact) mass is 250 g/mol. The Hall–Kier alpha value is 0.210. The molecule has 0 fully saturated rings. The van der Waals surface area contributed by atoms with Gasteiger partial charge < -0.3 is 0 Å². The van der Waals surface area contributed by atoms with Gasteiger partial charge in [-0.3, -0.25) is 0 Å². The standard InChI is InChI=1S/C9H15I/c1-3-4-5-6-9(2)7-8-10/h4-5,7-9H,3,6H2,1-2H3/b5-4-,8-7+/t9-/m0/s1. The molecule has 0 rings (SSSR count). The molecule has 10 heavy (non-hydrogen) atoms. The summed E-state index contributed by atoms with van der Waals surface area (Å²) in [6, 6.07) is 0. The third kappa shape index (κ3) is 6.33. The lowest BCUT2D eigenvalue weighted by Crippen LogP contribution is -1.83. The molecule has 1 heteroatoms. The van der Waals surface area contributed by atoms with Crippen LogP contribution in [0.3, 0.4) is 0 Å². The summed E-state index contributed by atoms with van der Waals surface area (Å²) < 4.78 is 2.09. The minimum Gasteiger partial charge on any atom is -0.0888 e. The lowest BCUT2D eigenvalue weighted by Gasteiger charge is -1.98. The van der Waals surface area contributed by atoms with E-state index in [2.05, 4.69) is 58.7 Å². The van der Waals surface area contributed by atoms with Crippen molar-refractivity contribution in [3.63, 3.8) is 0 Å². The zero-order valence-electron chi connectivity index (χ0n) is 6.68. The number of hydrogen-bond acceptors (Lipinski definition) is 0. The summed E-state index contributed by atoms with van der Waals surface area (Å²) in [4.78, 5) is 0. The fourth-order valence-corrected chi connectivity index (χ4v) is 1.39. The van der Waals surface area contributed by atoms with Crippen molar-refractivity contribution in [1.29, 1.82) is 0 Å². The van der Waals surface area contributed by atoms with E-state index in [0.29, 0.717) is 5.92 Å². The van der Waals surface area contributed by atoms with E-state index in [9.17, 15) is 0 Å². The Morgan fingerprint density at radius 2 is 2.10 bits per heavy atom. The molecule has 58 valence electrons. The van der Waals surface area contributed by atoms with Crippen molar-refractivity contribution >= 4 is 22.6 Å². The molecule has 0 bridgehead atoms. The largest absolute Gasteiger partial charge is 0.0888 e. The first kappa shape index (κ1) is 10.2. The molecule has 0 spiro atoms. The summed E-state index contributed by atoms with van der Waals surface area (Å²) in [7, 11) is 0. The van der Waals surface area contributed by atoms with Gasteiger partial charge in [0.1, 0.15) is 0 Å². The molecule has 0 nitrogen and oxygen atoms in total. The number of rotatable bonds is 4. The normalized spacial score (nSPS) is 15.1. The topological polar surface area (TPSA) is 0 Å². The lowest BCUT2D eigenvalue weighted by molar-refractivity contribution is 0.744. The van der Waals surface area contributed by atoms with Crippen LogP contribution in [-0.2, 0) is 0 Å². The van der Waals surface area contributed by atoms with E-state index in [1.165, 1.54) is 6.42 Å². The maximum absolute atomic E-state index is 2.26. The van der Waals surface area contributed by atoms with E-state index in [1.54, 1.807) is 0 Å². The molecule has 0 N–H and O–H groups in total. The quantitative estimate of drug-likeness (QED) is 0.524. The van der Waals surface area contributed by atoms with Crippen LogP contribution in [0.4, 0.5) is 0 Å². The molecule has 0 saturated carbocycles. The molecule has 0 aromatic carbocycles. The van der Waals surface area contributed by atoms with Crippen LogP contribution < -0.4 is 0 Å². The molecular formula is C9H15I. The number of hydrogen-bond donors (Lipinski definition) is 0. The van der Waals surface area contributed by atoms with Crippen LogP contribution in [-0.4, -0.2) is 0 Å². The van der Waals surface area contributed by atoms with Crippen molar-refractivity contribution < 1.29 is 0 Å². The highest BCUT2D eigenvalue weighted by Gasteiger charge is 1.89. The third-order valence-corrected chi connectivity index (χ3v) is 1.73. The first-order valence-corrected chi connectivity index (χ1v) is 4.97. The molecule has 0 aliphatic carbocycles. The Bertz CT molecular complexity index is 114. The molecule has 0 radical (unpaired) electrons. The van der Waals surface area contributed by atoms with Crippen molar-refractivity contribution in [3.05, 3.63) is 22.3 Å². The third-order valence-electron chi connectivity index (χ3n) is 1.31. The van der Waals surface area contributed by atoms with E-state index in [0.717, 1.165) is 6.42 Å². The fraction of sp³-hybridized carbons (Fsp3) is 0.556. The van der Waals surface area contributed by atoms with E-state index >= 15 is 0 Å². The van der Waals surface area contributed by atoms with Crippen LogP contribution in [0, 0.1) is 5.92 Å². The van der Waals surface area contributed by atoms with Gasteiger partial charge in [-0.15, -0.1) is 0 Å². The SMILES string of the molecule is CC/C=C\C[C@H](C)/C=C/I. The molecular weight excluding hydrogens is 235 g/mol. The minimum absolute atomic E-state index is 0.694. The molecule has 0 amide bonds. The zero-order valence-corrected chi connectivity index (χ0v) is 8.84. The maximum atomic E-state index is 2.26. The van der Waals surface area contributed by atoms with Crippen molar-refractivity contribution in [1.82, 2.24) is 0 Å². The van der Waals surface area contributed by atoms with Gasteiger partial charge in [0.05, 0.1) is 0 Å².